The number of halogens is 1. The minimum absolute atomic E-state index is 0.148. The molecule has 1 N–H and O–H groups in total. The van der Waals surface area contributed by atoms with Crippen LogP contribution in [0.2, 0.25) is 5.28 Å². The van der Waals surface area contributed by atoms with Gasteiger partial charge in [0.25, 0.3) is 0 Å². The zero-order valence-corrected chi connectivity index (χ0v) is 9.57. The SMILES string of the molecule is Cc1ccccc1CNc1cnnc(Cl)n1. The van der Waals surface area contributed by atoms with Crippen LogP contribution >= 0.6 is 11.6 Å². The normalized spacial score (nSPS) is 10.1. The molecule has 0 radical (unpaired) electrons. The predicted molar refractivity (Wildman–Crippen MR) is 63.3 cm³/mol. The number of aryl methyl sites for hydroxylation is 1. The van der Waals surface area contributed by atoms with E-state index in [1.807, 2.05) is 12.1 Å². The van der Waals surface area contributed by atoms with E-state index in [2.05, 4.69) is 39.6 Å². The van der Waals surface area contributed by atoms with Crippen molar-refractivity contribution < 1.29 is 0 Å². The number of nitrogens with one attached hydrogen (secondary N) is 1. The molecule has 0 saturated carbocycles. The summed E-state index contributed by atoms with van der Waals surface area (Å²) in [5.41, 5.74) is 2.46. The Balaban J connectivity index is 2.05. The van der Waals surface area contributed by atoms with Crippen LogP contribution in [0.3, 0.4) is 0 Å². The summed E-state index contributed by atoms with van der Waals surface area (Å²) in [5, 5.41) is 10.6. The molecule has 0 aliphatic heterocycles. The fourth-order valence-corrected chi connectivity index (χ4v) is 1.50. The van der Waals surface area contributed by atoms with Gasteiger partial charge in [-0.3, -0.25) is 0 Å². The summed E-state index contributed by atoms with van der Waals surface area (Å²) in [7, 11) is 0. The molecule has 0 unspecified atom stereocenters. The highest BCUT2D eigenvalue weighted by Gasteiger charge is 1.99. The summed E-state index contributed by atoms with van der Waals surface area (Å²) in [6.07, 6.45) is 1.55. The Kier molecular flexibility index (Phi) is 3.31. The van der Waals surface area contributed by atoms with Crippen molar-refractivity contribution in [2.45, 2.75) is 13.5 Å². The maximum absolute atomic E-state index is 5.63. The van der Waals surface area contributed by atoms with E-state index in [1.54, 1.807) is 6.20 Å². The van der Waals surface area contributed by atoms with Gasteiger partial charge >= 0.3 is 0 Å². The molecule has 2 rings (SSSR count). The van der Waals surface area contributed by atoms with Gasteiger partial charge in [0.05, 0.1) is 6.20 Å². The molecule has 0 spiro atoms. The van der Waals surface area contributed by atoms with Gasteiger partial charge in [0.2, 0.25) is 5.28 Å². The van der Waals surface area contributed by atoms with Gasteiger partial charge in [-0.1, -0.05) is 24.3 Å². The number of aromatic nitrogens is 3. The molecule has 0 aliphatic rings. The maximum atomic E-state index is 5.63. The Hall–Kier alpha value is -1.68. The summed E-state index contributed by atoms with van der Waals surface area (Å²) in [4.78, 5) is 4.00. The number of rotatable bonds is 3. The lowest BCUT2D eigenvalue weighted by Gasteiger charge is -2.07. The Morgan fingerprint density at radius 1 is 1.31 bits per heavy atom. The molecule has 82 valence electrons. The van der Waals surface area contributed by atoms with Crippen LogP contribution in [0.1, 0.15) is 11.1 Å². The predicted octanol–water partition coefficient (Wildman–Crippen LogP) is 2.45. The third-order valence-electron chi connectivity index (χ3n) is 2.25. The van der Waals surface area contributed by atoms with E-state index in [9.17, 15) is 0 Å². The molecule has 1 aromatic heterocycles. The molecule has 0 amide bonds. The lowest BCUT2D eigenvalue weighted by Crippen LogP contribution is -2.04. The van der Waals surface area contributed by atoms with Gasteiger partial charge in [-0.2, -0.15) is 10.1 Å². The number of hydrogen-bond donors (Lipinski definition) is 1. The quantitative estimate of drug-likeness (QED) is 0.886. The Labute approximate surface area is 98.7 Å². The molecule has 4 nitrogen and oxygen atoms in total. The second kappa shape index (κ2) is 4.90. The van der Waals surface area contributed by atoms with E-state index in [4.69, 9.17) is 11.6 Å². The fourth-order valence-electron chi connectivity index (χ4n) is 1.36. The minimum Gasteiger partial charge on any atom is -0.365 e. The summed E-state index contributed by atoms with van der Waals surface area (Å²) in [5.74, 6) is 0.628. The van der Waals surface area contributed by atoms with Crippen LogP contribution in [0.15, 0.2) is 30.5 Å². The molecule has 16 heavy (non-hydrogen) atoms. The highest BCUT2D eigenvalue weighted by Crippen LogP contribution is 2.10. The number of anilines is 1. The largest absolute Gasteiger partial charge is 0.365 e. The summed E-state index contributed by atoms with van der Waals surface area (Å²) in [6.45, 7) is 2.77. The monoisotopic (exact) mass is 234 g/mol. The van der Waals surface area contributed by atoms with E-state index < -0.39 is 0 Å². The van der Waals surface area contributed by atoms with Gasteiger partial charge in [-0.25, -0.2) is 0 Å². The second-order valence-electron chi connectivity index (χ2n) is 3.39. The van der Waals surface area contributed by atoms with Crippen LogP contribution in [-0.2, 0) is 6.54 Å². The first-order valence-electron chi connectivity index (χ1n) is 4.89. The first-order chi connectivity index (χ1) is 7.75. The van der Waals surface area contributed by atoms with E-state index >= 15 is 0 Å². The number of nitrogens with zero attached hydrogens (tertiary/aromatic N) is 3. The van der Waals surface area contributed by atoms with Crippen LogP contribution in [0.5, 0.6) is 0 Å². The molecular formula is C11H11ClN4. The summed E-state index contributed by atoms with van der Waals surface area (Å²) < 4.78 is 0. The molecule has 2 aromatic rings. The Bertz CT molecular complexity index is 487. The smallest absolute Gasteiger partial charge is 0.244 e. The lowest BCUT2D eigenvalue weighted by molar-refractivity contribution is 0.956. The Morgan fingerprint density at radius 2 is 2.12 bits per heavy atom. The zero-order chi connectivity index (χ0) is 11.4. The molecular weight excluding hydrogens is 224 g/mol. The van der Waals surface area contributed by atoms with E-state index in [1.165, 1.54) is 11.1 Å². The van der Waals surface area contributed by atoms with Crippen LogP contribution in [0, 0.1) is 6.92 Å². The third kappa shape index (κ3) is 2.67. The third-order valence-corrected chi connectivity index (χ3v) is 2.41. The molecule has 0 bridgehead atoms. The number of hydrogen-bond acceptors (Lipinski definition) is 4. The molecule has 0 aliphatic carbocycles. The van der Waals surface area contributed by atoms with Crippen molar-refractivity contribution >= 4 is 17.4 Å². The van der Waals surface area contributed by atoms with Crippen LogP contribution < -0.4 is 5.32 Å². The van der Waals surface area contributed by atoms with E-state index in [0.29, 0.717) is 12.4 Å². The lowest BCUT2D eigenvalue weighted by atomic mass is 10.1. The first kappa shape index (κ1) is 10.8. The van der Waals surface area contributed by atoms with Crippen molar-refractivity contribution in [2.75, 3.05) is 5.32 Å². The van der Waals surface area contributed by atoms with Crippen molar-refractivity contribution in [3.8, 4) is 0 Å². The second-order valence-corrected chi connectivity index (χ2v) is 3.73. The molecule has 1 aromatic carbocycles. The van der Waals surface area contributed by atoms with E-state index in [-0.39, 0.29) is 5.28 Å². The number of benzene rings is 1. The first-order valence-corrected chi connectivity index (χ1v) is 5.27. The van der Waals surface area contributed by atoms with Crippen molar-refractivity contribution in [1.29, 1.82) is 0 Å². The fraction of sp³-hybridized carbons (Fsp3) is 0.182. The van der Waals surface area contributed by atoms with Gasteiger partial charge in [0.15, 0.2) is 0 Å². The van der Waals surface area contributed by atoms with Gasteiger partial charge in [0, 0.05) is 6.54 Å². The van der Waals surface area contributed by atoms with Crippen molar-refractivity contribution in [3.05, 3.63) is 46.9 Å². The topological polar surface area (TPSA) is 50.7 Å². The zero-order valence-electron chi connectivity index (χ0n) is 8.81. The van der Waals surface area contributed by atoms with Gasteiger partial charge in [-0.05, 0) is 29.7 Å². The minimum atomic E-state index is 0.148. The average molecular weight is 235 g/mol. The van der Waals surface area contributed by atoms with E-state index in [0.717, 1.165) is 0 Å². The molecule has 0 atom stereocenters. The standard InChI is InChI=1S/C11H11ClN4/c1-8-4-2-3-5-9(8)6-13-10-7-14-16-11(12)15-10/h2-5,7H,6H2,1H3,(H,13,15,16). The summed E-state index contributed by atoms with van der Waals surface area (Å²) in [6, 6.07) is 8.16. The van der Waals surface area contributed by atoms with Crippen molar-refractivity contribution in [2.24, 2.45) is 0 Å². The highest BCUT2D eigenvalue weighted by atomic mass is 35.5. The van der Waals surface area contributed by atoms with Crippen LogP contribution in [0.4, 0.5) is 5.82 Å². The Morgan fingerprint density at radius 3 is 2.88 bits per heavy atom. The van der Waals surface area contributed by atoms with Crippen LogP contribution in [0.25, 0.3) is 0 Å². The average Bonchev–Trinajstić information content (AvgIpc) is 2.28. The maximum Gasteiger partial charge on any atom is 0.244 e. The highest BCUT2D eigenvalue weighted by molar-refractivity contribution is 6.28. The molecule has 1 heterocycles. The van der Waals surface area contributed by atoms with Gasteiger partial charge in [-0.15, -0.1) is 5.10 Å². The van der Waals surface area contributed by atoms with Crippen molar-refractivity contribution in [1.82, 2.24) is 15.2 Å². The summed E-state index contributed by atoms with van der Waals surface area (Å²) >= 11 is 5.63. The molecule has 5 heteroatoms. The van der Waals surface area contributed by atoms with Crippen LogP contribution in [-0.4, -0.2) is 15.2 Å². The molecule has 0 saturated heterocycles. The van der Waals surface area contributed by atoms with Gasteiger partial charge in [0.1, 0.15) is 5.82 Å². The van der Waals surface area contributed by atoms with Crippen molar-refractivity contribution in [3.63, 3.8) is 0 Å². The van der Waals surface area contributed by atoms with Gasteiger partial charge < -0.3 is 5.32 Å². The molecule has 0 fully saturated rings.